The van der Waals surface area contributed by atoms with Crippen LogP contribution in [0.25, 0.3) is 0 Å². The van der Waals surface area contributed by atoms with Gasteiger partial charge in [-0.3, -0.25) is 0 Å². The van der Waals surface area contributed by atoms with Crippen LogP contribution >= 0.6 is 0 Å². The molecule has 3 nitrogen and oxygen atoms in total. The van der Waals surface area contributed by atoms with Gasteiger partial charge in [0.25, 0.3) is 0 Å². The van der Waals surface area contributed by atoms with Crippen molar-refractivity contribution in [3.05, 3.63) is 12.0 Å². The molecule has 2 unspecified atom stereocenters. The first kappa shape index (κ1) is 11.4. The van der Waals surface area contributed by atoms with Crippen LogP contribution in [-0.2, 0) is 9.47 Å². The van der Waals surface area contributed by atoms with Crippen LogP contribution in [0, 0.1) is 5.92 Å². The molecule has 0 spiro atoms. The first-order valence-corrected chi connectivity index (χ1v) is 5.43. The highest BCUT2D eigenvalue weighted by molar-refractivity contribution is 4.93. The maximum absolute atomic E-state index is 8.84. The van der Waals surface area contributed by atoms with Crippen LogP contribution in [0.3, 0.4) is 0 Å². The molecule has 14 heavy (non-hydrogen) atoms. The van der Waals surface area contributed by atoms with E-state index in [1.54, 1.807) is 0 Å². The van der Waals surface area contributed by atoms with Crippen LogP contribution in [0.2, 0.25) is 0 Å². The first-order valence-electron chi connectivity index (χ1n) is 5.43. The summed E-state index contributed by atoms with van der Waals surface area (Å²) in [6.07, 6.45) is 5.94. The van der Waals surface area contributed by atoms with E-state index in [1.807, 2.05) is 0 Å². The second-order valence-corrected chi connectivity index (χ2v) is 3.68. The van der Waals surface area contributed by atoms with E-state index in [1.165, 1.54) is 19.1 Å². The lowest BCUT2D eigenvalue weighted by atomic mass is 9.99. The number of hydrogen-bond acceptors (Lipinski definition) is 3. The minimum Gasteiger partial charge on any atom is -0.459 e. The summed E-state index contributed by atoms with van der Waals surface area (Å²) < 4.78 is 10.8. The van der Waals surface area contributed by atoms with Gasteiger partial charge in [-0.05, 0) is 12.8 Å². The first-order chi connectivity index (χ1) is 6.81. The van der Waals surface area contributed by atoms with E-state index in [0.29, 0.717) is 11.7 Å². The molecule has 1 heterocycles. The van der Waals surface area contributed by atoms with Crippen molar-refractivity contribution in [3.8, 4) is 0 Å². The fourth-order valence-electron chi connectivity index (χ4n) is 1.63. The predicted molar refractivity (Wildman–Crippen MR) is 54.4 cm³/mol. The molecular formula is C11H20O3. The van der Waals surface area contributed by atoms with Gasteiger partial charge in [0.05, 0.1) is 0 Å². The molecule has 0 aromatic heterocycles. The molecule has 1 N–H and O–H groups in total. The molecule has 0 amide bonds. The summed E-state index contributed by atoms with van der Waals surface area (Å²) in [5.41, 5.74) is 0. The van der Waals surface area contributed by atoms with Gasteiger partial charge >= 0.3 is 0 Å². The molecule has 1 aliphatic heterocycles. The van der Waals surface area contributed by atoms with Crippen molar-refractivity contribution < 1.29 is 14.6 Å². The standard InChI is InChI=1S/C11H20O3/c1-3-5-6-9(4-2)11-13-8-10(7-12)14-11/h8-9,11-12H,3-7H2,1-2H3. The van der Waals surface area contributed by atoms with Gasteiger partial charge in [-0.25, -0.2) is 0 Å². The van der Waals surface area contributed by atoms with Gasteiger partial charge in [0.15, 0.2) is 5.76 Å². The fourth-order valence-corrected chi connectivity index (χ4v) is 1.63. The number of hydrogen-bond donors (Lipinski definition) is 1. The van der Waals surface area contributed by atoms with E-state index in [9.17, 15) is 0 Å². The van der Waals surface area contributed by atoms with Gasteiger partial charge in [-0.1, -0.05) is 26.7 Å². The summed E-state index contributed by atoms with van der Waals surface area (Å²) in [5.74, 6) is 0.986. The predicted octanol–water partition coefficient (Wildman–Crippen LogP) is 2.41. The Bertz CT molecular complexity index is 189. The van der Waals surface area contributed by atoms with Gasteiger partial charge in [-0.2, -0.15) is 0 Å². The Kier molecular flexibility index (Phi) is 4.80. The second kappa shape index (κ2) is 5.91. The van der Waals surface area contributed by atoms with Gasteiger partial charge < -0.3 is 14.6 Å². The van der Waals surface area contributed by atoms with Crippen molar-refractivity contribution in [1.82, 2.24) is 0 Å². The quantitative estimate of drug-likeness (QED) is 0.715. The lowest BCUT2D eigenvalue weighted by Gasteiger charge is -2.21. The summed E-state index contributed by atoms with van der Waals surface area (Å²) in [7, 11) is 0. The molecule has 0 saturated carbocycles. The Labute approximate surface area is 85.7 Å². The molecule has 0 aromatic rings. The molecule has 0 aromatic carbocycles. The Hall–Kier alpha value is -0.700. The van der Waals surface area contributed by atoms with Crippen LogP contribution in [0.1, 0.15) is 39.5 Å². The van der Waals surface area contributed by atoms with Crippen molar-refractivity contribution >= 4 is 0 Å². The number of aliphatic hydroxyl groups excluding tert-OH is 1. The lowest BCUT2D eigenvalue weighted by molar-refractivity contribution is -0.0817. The van der Waals surface area contributed by atoms with Crippen LogP contribution in [0.4, 0.5) is 0 Å². The van der Waals surface area contributed by atoms with Crippen molar-refractivity contribution in [2.75, 3.05) is 6.61 Å². The molecular weight excluding hydrogens is 180 g/mol. The van der Waals surface area contributed by atoms with E-state index in [-0.39, 0.29) is 12.9 Å². The average molecular weight is 200 g/mol. The highest BCUT2D eigenvalue weighted by Gasteiger charge is 2.26. The number of ether oxygens (including phenoxy) is 2. The van der Waals surface area contributed by atoms with E-state index < -0.39 is 0 Å². The Morgan fingerprint density at radius 1 is 1.50 bits per heavy atom. The van der Waals surface area contributed by atoms with Crippen LogP contribution in [0.15, 0.2) is 12.0 Å². The van der Waals surface area contributed by atoms with Crippen LogP contribution in [-0.4, -0.2) is 18.0 Å². The molecule has 2 atom stereocenters. The minimum atomic E-state index is -0.173. The highest BCUT2D eigenvalue weighted by Crippen LogP contribution is 2.26. The third kappa shape index (κ3) is 2.91. The molecule has 0 fully saturated rings. The van der Waals surface area contributed by atoms with Crippen molar-refractivity contribution in [3.63, 3.8) is 0 Å². The van der Waals surface area contributed by atoms with Crippen molar-refractivity contribution in [2.45, 2.75) is 45.8 Å². The average Bonchev–Trinajstić information content (AvgIpc) is 2.68. The normalized spacial score (nSPS) is 22.5. The molecule has 1 aliphatic rings. The largest absolute Gasteiger partial charge is 0.459 e. The third-order valence-corrected chi connectivity index (χ3v) is 2.59. The summed E-state index contributed by atoms with van der Waals surface area (Å²) in [6.45, 7) is 4.26. The summed E-state index contributed by atoms with van der Waals surface area (Å²) >= 11 is 0. The molecule has 3 heteroatoms. The SMILES string of the molecule is CCCCC(CC)C1OC=C(CO)O1. The zero-order valence-corrected chi connectivity index (χ0v) is 9.03. The van der Waals surface area contributed by atoms with Gasteiger partial charge in [0.2, 0.25) is 6.29 Å². The highest BCUT2D eigenvalue weighted by atomic mass is 16.7. The Balaban J connectivity index is 2.33. The molecule has 82 valence electrons. The molecule has 0 radical (unpaired) electrons. The molecule has 0 saturated heterocycles. The Morgan fingerprint density at radius 3 is 2.79 bits per heavy atom. The van der Waals surface area contributed by atoms with Crippen LogP contribution in [0.5, 0.6) is 0 Å². The fraction of sp³-hybridized carbons (Fsp3) is 0.818. The molecule has 0 aliphatic carbocycles. The third-order valence-electron chi connectivity index (χ3n) is 2.59. The summed E-state index contributed by atoms with van der Waals surface area (Å²) in [6, 6.07) is 0. The summed E-state index contributed by atoms with van der Waals surface area (Å²) in [4.78, 5) is 0. The molecule has 1 rings (SSSR count). The van der Waals surface area contributed by atoms with Crippen LogP contribution < -0.4 is 0 Å². The Morgan fingerprint density at radius 2 is 2.29 bits per heavy atom. The van der Waals surface area contributed by atoms with Crippen molar-refractivity contribution in [1.29, 1.82) is 0 Å². The lowest BCUT2D eigenvalue weighted by Crippen LogP contribution is -2.21. The van der Waals surface area contributed by atoms with E-state index >= 15 is 0 Å². The van der Waals surface area contributed by atoms with E-state index in [0.717, 1.165) is 12.8 Å². The minimum absolute atomic E-state index is 0.0687. The number of rotatable bonds is 6. The monoisotopic (exact) mass is 200 g/mol. The van der Waals surface area contributed by atoms with Crippen molar-refractivity contribution in [2.24, 2.45) is 5.92 Å². The van der Waals surface area contributed by atoms with Gasteiger partial charge in [-0.15, -0.1) is 0 Å². The smallest absolute Gasteiger partial charge is 0.242 e. The van der Waals surface area contributed by atoms with Gasteiger partial charge in [0, 0.05) is 5.92 Å². The van der Waals surface area contributed by atoms with E-state index in [4.69, 9.17) is 14.6 Å². The van der Waals surface area contributed by atoms with Gasteiger partial charge in [0.1, 0.15) is 12.9 Å². The number of aliphatic hydroxyl groups is 1. The number of unbranched alkanes of at least 4 members (excludes halogenated alkanes) is 1. The molecule has 0 bridgehead atoms. The maximum Gasteiger partial charge on any atom is 0.242 e. The zero-order valence-electron chi connectivity index (χ0n) is 9.03. The summed E-state index contributed by atoms with van der Waals surface area (Å²) in [5, 5.41) is 8.84. The second-order valence-electron chi connectivity index (χ2n) is 3.68. The zero-order chi connectivity index (χ0) is 10.4. The topological polar surface area (TPSA) is 38.7 Å². The maximum atomic E-state index is 8.84. The van der Waals surface area contributed by atoms with E-state index in [2.05, 4.69) is 13.8 Å².